The van der Waals surface area contributed by atoms with Crippen molar-refractivity contribution in [3.8, 4) is 22.3 Å². The molecule has 194 valence electrons. The average Bonchev–Trinajstić information content (AvgIpc) is 2.99. The molecule has 0 aliphatic heterocycles. The van der Waals surface area contributed by atoms with E-state index in [0.29, 0.717) is 50.6 Å². The van der Waals surface area contributed by atoms with Gasteiger partial charge in [0.25, 0.3) is 11.8 Å². The summed E-state index contributed by atoms with van der Waals surface area (Å²) in [5, 5.41) is 5.72. The van der Waals surface area contributed by atoms with Crippen LogP contribution in [0.25, 0.3) is 22.3 Å². The maximum Gasteiger partial charge on any atom is 0.251 e. The van der Waals surface area contributed by atoms with Crippen LogP contribution in [0, 0.1) is 0 Å². The molecule has 0 bridgehead atoms. The lowest BCUT2D eigenvalue weighted by Crippen LogP contribution is -2.28. The van der Waals surface area contributed by atoms with Crippen LogP contribution >= 0.6 is 0 Å². The minimum atomic E-state index is -0.155. The van der Waals surface area contributed by atoms with Crippen LogP contribution in [-0.2, 0) is 9.47 Å². The monoisotopic (exact) mass is 510 g/mol. The fraction of sp³-hybridized carbons (Fsp3) is 0.200. The Morgan fingerprint density at radius 2 is 1.03 bits per heavy atom. The molecule has 8 nitrogen and oxygen atoms in total. The van der Waals surface area contributed by atoms with Crippen LogP contribution in [0.1, 0.15) is 20.7 Å². The van der Waals surface area contributed by atoms with Crippen molar-refractivity contribution in [2.75, 3.05) is 39.5 Å². The van der Waals surface area contributed by atoms with Crippen molar-refractivity contribution in [1.82, 2.24) is 20.6 Å². The number of ether oxygens (including phenoxy) is 2. The Balaban J connectivity index is 1.06. The summed E-state index contributed by atoms with van der Waals surface area (Å²) >= 11 is 0. The highest BCUT2D eigenvalue weighted by Gasteiger charge is 2.08. The summed E-state index contributed by atoms with van der Waals surface area (Å²) < 4.78 is 11.0. The number of aromatic nitrogens is 2. The summed E-state index contributed by atoms with van der Waals surface area (Å²) in [4.78, 5) is 33.1. The van der Waals surface area contributed by atoms with E-state index >= 15 is 0 Å². The van der Waals surface area contributed by atoms with E-state index in [9.17, 15) is 9.59 Å². The van der Waals surface area contributed by atoms with Gasteiger partial charge in [0, 0.05) is 60.1 Å². The third-order valence-corrected chi connectivity index (χ3v) is 5.68. The smallest absolute Gasteiger partial charge is 0.251 e. The van der Waals surface area contributed by atoms with Gasteiger partial charge in [-0.15, -0.1) is 0 Å². The Morgan fingerprint density at radius 3 is 1.45 bits per heavy atom. The minimum absolute atomic E-state index is 0.155. The normalized spacial score (nSPS) is 10.6. The van der Waals surface area contributed by atoms with Gasteiger partial charge in [-0.2, -0.15) is 0 Å². The third kappa shape index (κ3) is 8.06. The number of pyridine rings is 2. The van der Waals surface area contributed by atoms with Gasteiger partial charge in [0.15, 0.2) is 0 Å². The average molecular weight is 511 g/mol. The Morgan fingerprint density at radius 1 is 0.579 bits per heavy atom. The first-order valence-corrected chi connectivity index (χ1v) is 12.4. The summed E-state index contributed by atoms with van der Waals surface area (Å²) in [5.74, 6) is -0.311. The number of carbonyl (C=O) groups is 2. The van der Waals surface area contributed by atoms with Gasteiger partial charge in [0.05, 0.1) is 26.4 Å². The van der Waals surface area contributed by atoms with Gasteiger partial charge in [-0.1, -0.05) is 36.4 Å². The number of hydrogen-bond acceptors (Lipinski definition) is 6. The number of hydrogen-bond donors (Lipinski definition) is 2. The fourth-order valence-electron chi connectivity index (χ4n) is 3.75. The molecule has 0 fully saturated rings. The van der Waals surface area contributed by atoms with Crippen LogP contribution in [0.4, 0.5) is 0 Å². The van der Waals surface area contributed by atoms with Gasteiger partial charge in [0.2, 0.25) is 0 Å². The third-order valence-electron chi connectivity index (χ3n) is 5.68. The van der Waals surface area contributed by atoms with Gasteiger partial charge < -0.3 is 20.1 Å². The number of carbonyl (C=O) groups excluding carboxylic acids is 2. The van der Waals surface area contributed by atoms with Gasteiger partial charge in [-0.3, -0.25) is 19.6 Å². The molecule has 2 N–H and O–H groups in total. The predicted octanol–water partition coefficient (Wildman–Crippen LogP) is 4.00. The maximum atomic E-state index is 12.4. The van der Waals surface area contributed by atoms with E-state index in [0.717, 1.165) is 22.3 Å². The number of rotatable bonds is 13. The summed E-state index contributed by atoms with van der Waals surface area (Å²) in [6.45, 7) is 2.33. The second kappa shape index (κ2) is 14.4. The van der Waals surface area contributed by atoms with E-state index < -0.39 is 0 Å². The standard InChI is InChI=1S/C30H30N4O4/c35-29(25-7-1-5-23(19-25)27-9-3-11-31-21-27)33-13-15-37-17-18-38-16-14-34-30(36)26-8-2-6-24(20-26)28-10-4-12-32-22-28/h1-12,19-22H,13-18H2,(H,33,35)(H,34,36). The van der Waals surface area contributed by atoms with Crippen molar-refractivity contribution >= 4 is 11.8 Å². The molecule has 0 spiro atoms. The molecule has 2 aromatic carbocycles. The molecule has 38 heavy (non-hydrogen) atoms. The van der Waals surface area contributed by atoms with Crippen LogP contribution in [0.15, 0.2) is 97.6 Å². The van der Waals surface area contributed by atoms with Crippen LogP contribution in [0.3, 0.4) is 0 Å². The van der Waals surface area contributed by atoms with E-state index in [4.69, 9.17) is 9.47 Å². The van der Waals surface area contributed by atoms with E-state index in [1.807, 2.05) is 60.7 Å². The molecule has 0 saturated carbocycles. The molecule has 2 amide bonds. The molecule has 8 heteroatoms. The van der Waals surface area contributed by atoms with Crippen molar-refractivity contribution in [2.24, 2.45) is 0 Å². The molecule has 0 atom stereocenters. The van der Waals surface area contributed by atoms with Crippen molar-refractivity contribution in [1.29, 1.82) is 0 Å². The van der Waals surface area contributed by atoms with Gasteiger partial charge >= 0.3 is 0 Å². The SMILES string of the molecule is O=C(NCCOCCOCCNC(=O)c1cccc(-c2cccnc2)c1)c1cccc(-c2cccnc2)c1. The topological polar surface area (TPSA) is 102 Å². The zero-order valence-corrected chi connectivity index (χ0v) is 21.0. The zero-order valence-electron chi connectivity index (χ0n) is 21.0. The molecule has 4 aromatic rings. The van der Waals surface area contributed by atoms with Crippen molar-refractivity contribution in [3.05, 3.63) is 109 Å². The van der Waals surface area contributed by atoms with Crippen LogP contribution in [-0.4, -0.2) is 61.3 Å². The van der Waals surface area contributed by atoms with Crippen LogP contribution in [0.2, 0.25) is 0 Å². The Hall–Kier alpha value is -4.40. The summed E-state index contributed by atoms with van der Waals surface area (Å²) in [5.41, 5.74) is 4.96. The highest BCUT2D eigenvalue weighted by atomic mass is 16.5. The molecule has 0 aliphatic carbocycles. The number of benzene rings is 2. The molecular weight excluding hydrogens is 480 g/mol. The first-order chi connectivity index (χ1) is 18.7. The first-order valence-electron chi connectivity index (χ1n) is 12.4. The van der Waals surface area contributed by atoms with Crippen LogP contribution in [0.5, 0.6) is 0 Å². The first kappa shape index (κ1) is 26.7. The minimum Gasteiger partial charge on any atom is -0.377 e. The number of amides is 2. The van der Waals surface area contributed by atoms with Gasteiger partial charge in [0.1, 0.15) is 0 Å². The molecule has 0 saturated heterocycles. The Kier molecular flexibility index (Phi) is 10.1. The van der Waals surface area contributed by atoms with E-state index in [1.165, 1.54) is 0 Å². The summed E-state index contributed by atoms with van der Waals surface area (Å²) in [6.07, 6.45) is 6.97. The summed E-state index contributed by atoms with van der Waals surface area (Å²) in [7, 11) is 0. The fourth-order valence-corrected chi connectivity index (χ4v) is 3.75. The quantitative estimate of drug-likeness (QED) is 0.264. The lowest BCUT2D eigenvalue weighted by atomic mass is 10.0. The number of nitrogens with one attached hydrogen (secondary N) is 2. The number of nitrogens with zero attached hydrogens (tertiary/aromatic N) is 2. The second-order valence-electron chi connectivity index (χ2n) is 8.38. The molecule has 4 rings (SSSR count). The lowest BCUT2D eigenvalue weighted by molar-refractivity contribution is 0.0486. The molecule has 0 radical (unpaired) electrons. The lowest BCUT2D eigenvalue weighted by Gasteiger charge is -2.09. The van der Waals surface area contributed by atoms with E-state index in [2.05, 4.69) is 20.6 Å². The Bertz CT molecular complexity index is 1210. The second-order valence-corrected chi connectivity index (χ2v) is 8.38. The molecule has 0 unspecified atom stereocenters. The molecule has 2 heterocycles. The van der Waals surface area contributed by atoms with Crippen LogP contribution < -0.4 is 10.6 Å². The van der Waals surface area contributed by atoms with Gasteiger partial charge in [-0.05, 0) is 47.5 Å². The zero-order chi connectivity index (χ0) is 26.4. The molecular formula is C30H30N4O4. The molecule has 0 aliphatic rings. The Labute approximate surface area is 222 Å². The van der Waals surface area contributed by atoms with E-state index in [1.54, 1.807) is 36.9 Å². The van der Waals surface area contributed by atoms with Crippen molar-refractivity contribution in [2.45, 2.75) is 0 Å². The summed E-state index contributed by atoms with van der Waals surface area (Å²) in [6, 6.07) is 22.5. The maximum absolute atomic E-state index is 12.4. The predicted molar refractivity (Wildman–Crippen MR) is 146 cm³/mol. The van der Waals surface area contributed by atoms with E-state index in [-0.39, 0.29) is 11.8 Å². The highest BCUT2D eigenvalue weighted by Crippen LogP contribution is 2.20. The largest absolute Gasteiger partial charge is 0.377 e. The molecule has 2 aromatic heterocycles. The van der Waals surface area contributed by atoms with Crippen molar-refractivity contribution < 1.29 is 19.1 Å². The van der Waals surface area contributed by atoms with Crippen molar-refractivity contribution in [3.63, 3.8) is 0 Å². The highest BCUT2D eigenvalue weighted by molar-refractivity contribution is 5.96. The van der Waals surface area contributed by atoms with Gasteiger partial charge in [-0.25, -0.2) is 0 Å².